The highest BCUT2D eigenvalue weighted by molar-refractivity contribution is 5.78. The zero-order valence-corrected chi connectivity index (χ0v) is 12.8. The molecule has 112 valence electrons. The molecule has 5 nitrogen and oxygen atoms in total. The molecule has 1 rings (SSSR count). The van der Waals surface area contributed by atoms with Gasteiger partial charge >= 0.3 is 5.97 Å². The monoisotopic (exact) mass is 271 g/mol. The molecule has 0 radical (unpaired) electrons. The number of aliphatic carboxylic acids is 1. The summed E-state index contributed by atoms with van der Waals surface area (Å²) in [5.74, 6) is -0.753. The molecule has 0 aromatic carbocycles. The molecule has 1 aliphatic heterocycles. The number of nitrogens with zero attached hydrogens (tertiary/aromatic N) is 2. The summed E-state index contributed by atoms with van der Waals surface area (Å²) in [5, 5.41) is 12.7. The SMILES string of the molecule is CCCNC(C)(CN1CCCC1CN(C)C)C(=O)O. The molecule has 1 heterocycles. The second-order valence-corrected chi connectivity index (χ2v) is 6.09. The molecule has 0 saturated carbocycles. The molecule has 19 heavy (non-hydrogen) atoms. The molecular formula is C14H29N3O2. The molecule has 2 atom stereocenters. The summed E-state index contributed by atoms with van der Waals surface area (Å²) in [6.45, 7) is 7.20. The number of carboxylic acid groups (broad SMARTS) is 1. The minimum Gasteiger partial charge on any atom is -0.480 e. The van der Waals surface area contributed by atoms with Crippen LogP contribution in [0.5, 0.6) is 0 Å². The number of hydrogen-bond acceptors (Lipinski definition) is 4. The van der Waals surface area contributed by atoms with Gasteiger partial charge in [0.25, 0.3) is 0 Å². The number of carboxylic acids is 1. The maximum atomic E-state index is 11.5. The van der Waals surface area contributed by atoms with Crippen molar-refractivity contribution in [1.82, 2.24) is 15.1 Å². The lowest BCUT2D eigenvalue weighted by molar-refractivity contribution is -0.145. The van der Waals surface area contributed by atoms with Crippen molar-refractivity contribution >= 4 is 5.97 Å². The minimum atomic E-state index is -0.842. The van der Waals surface area contributed by atoms with Crippen LogP contribution < -0.4 is 5.32 Å². The van der Waals surface area contributed by atoms with Gasteiger partial charge in [-0.25, -0.2) is 0 Å². The van der Waals surface area contributed by atoms with Crippen LogP contribution in [-0.4, -0.2) is 72.7 Å². The largest absolute Gasteiger partial charge is 0.480 e. The van der Waals surface area contributed by atoms with Gasteiger partial charge in [-0.3, -0.25) is 9.69 Å². The van der Waals surface area contributed by atoms with Gasteiger partial charge in [-0.15, -0.1) is 0 Å². The van der Waals surface area contributed by atoms with Crippen molar-refractivity contribution in [3.05, 3.63) is 0 Å². The molecule has 0 aliphatic carbocycles. The summed E-state index contributed by atoms with van der Waals surface area (Å²) >= 11 is 0. The van der Waals surface area contributed by atoms with E-state index in [1.165, 1.54) is 12.8 Å². The first-order chi connectivity index (χ1) is 8.89. The van der Waals surface area contributed by atoms with E-state index in [0.717, 1.165) is 26.1 Å². The number of nitrogens with one attached hydrogen (secondary N) is 1. The Balaban J connectivity index is 2.64. The number of rotatable bonds is 8. The summed E-state index contributed by atoms with van der Waals surface area (Å²) in [5.41, 5.74) is -0.842. The van der Waals surface area contributed by atoms with Crippen LogP contribution in [0.2, 0.25) is 0 Å². The summed E-state index contributed by atoms with van der Waals surface area (Å²) < 4.78 is 0. The highest BCUT2D eigenvalue weighted by Gasteiger charge is 2.37. The fourth-order valence-corrected chi connectivity index (χ4v) is 2.74. The van der Waals surface area contributed by atoms with Crippen molar-refractivity contribution in [2.24, 2.45) is 0 Å². The fraction of sp³-hybridized carbons (Fsp3) is 0.929. The molecule has 5 heteroatoms. The summed E-state index contributed by atoms with van der Waals surface area (Å²) in [6.07, 6.45) is 3.29. The molecule has 1 aliphatic rings. The van der Waals surface area contributed by atoms with E-state index in [1.807, 2.05) is 0 Å². The van der Waals surface area contributed by atoms with Gasteiger partial charge in [0, 0.05) is 19.1 Å². The molecule has 2 N–H and O–H groups in total. The minimum absolute atomic E-state index is 0.483. The third-order valence-corrected chi connectivity index (χ3v) is 3.83. The van der Waals surface area contributed by atoms with Gasteiger partial charge in [-0.1, -0.05) is 6.92 Å². The normalized spacial score (nSPS) is 23.7. The zero-order chi connectivity index (χ0) is 14.5. The number of likely N-dealkylation sites (N-methyl/N-ethyl adjacent to an activating group) is 1. The van der Waals surface area contributed by atoms with E-state index in [4.69, 9.17) is 0 Å². The Morgan fingerprint density at radius 2 is 2.21 bits per heavy atom. The van der Waals surface area contributed by atoms with Gasteiger partial charge in [0.05, 0.1) is 0 Å². The maximum absolute atomic E-state index is 11.5. The number of carbonyl (C=O) groups is 1. The van der Waals surface area contributed by atoms with Crippen molar-refractivity contribution in [2.75, 3.05) is 40.3 Å². The smallest absolute Gasteiger partial charge is 0.324 e. The Kier molecular flexibility index (Phi) is 6.23. The summed E-state index contributed by atoms with van der Waals surface area (Å²) in [7, 11) is 4.14. The molecule has 0 aromatic rings. The Morgan fingerprint density at radius 1 is 1.53 bits per heavy atom. The maximum Gasteiger partial charge on any atom is 0.324 e. The average molecular weight is 271 g/mol. The Morgan fingerprint density at radius 3 is 2.74 bits per heavy atom. The lowest BCUT2D eigenvalue weighted by atomic mass is 10.0. The summed E-state index contributed by atoms with van der Waals surface area (Å²) in [6, 6.07) is 0.483. The third kappa shape index (κ3) is 4.75. The first kappa shape index (κ1) is 16.4. The van der Waals surface area contributed by atoms with Crippen LogP contribution in [0, 0.1) is 0 Å². The van der Waals surface area contributed by atoms with Crippen LogP contribution in [0.15, 0.2) is 0 Å². The Labute approximate surface area is 117 Å². The summed E-state index contributed by atoms with van der Waals surface area (Å²) in [4.78, 5) is 16.1. The van der Waals surface area contributed by atoms with Crippen molar-refractivity contribution in [2.45, 2.75) is 44.7 Å². The first-order valence-corrected chi connectivity index (χ1v) is 7.26. The standard InChI is InChI=1S/C14H29N3O2/c1-5-8-15-14(2,13(18)19)11-17-9-6-7-12(17)10-16(3)4/h12,15H,5-11H2,1-4H3,(H,18,19). The van der Waals surface area contributed by atoms with Gasteiger partial charge in [0.1, 0.15) is 5.54 Å². The first-order valence-electron chi connectivity index (χ1n) is 7.26. The van der Waals surface area contributed by atoms with Gasteiger partial charge in [0.2, 0.25) is 0 Å². The second kappa shape index (κ2) is 7.22. The molecule has 0 spiro atoms. The van der Waals surface area contributed by atoms with E-state index in [-0.39, 0.29) is 0 Å². The number of likely N-dealkylation sites (tertiary alicyclic amines) is 1. The van der Waals surface area contributed by atoms with E-state index in [1.54, 1.807) is 6.92 Å². The highest BCUT2D eigenvalue weighted by Crippen LogP contribution is 2.21. The molecule has 0 aromatic heterocycles. The van der Waals surface area contributed by atoms with E-state index in [9.17, 15) is 9.90 Å². The molecular weight excluding hydrogens is 242 g/mol. The second-order valence-electron chi connectivity index (χ2n) is 6.09. The van der Waals surface area contributed by atoms with Crippen LogP contribution in [0.1, 0.15) is 33.1 Å². The average Bonchev–Trinajstić information content (AvgIpc) is 2.73. The van der Waals surface area contributed by atoms with E-state index >= 15 is 0 Å². The van der Waals surface area contributed by atoms with Crippen molar-refractivity contribution in [3.8, 4) is 0 Å². The lowest BCUT2D eigenvalue weighted by Crippen LogP contribution is -2.58. The van der Waals surface area contributed by atoms with Gasteiger partial charge in [-0.05, 0) is 53.4 Å². The molecule has 0 amide bonds. The quantitative estimate of drug-likeness (QED) is 0.685. The topological polar surface area (TPSA) is 55.8 Å². The predicted molar refractivity (Wildman–Crippen MR) is 77.5 cm³/mol. The molecule has 0 bridgehead atoms. The van der Waals surface area contributed by atoms with Crippen LogP contribution in [0.4, 0.5) is 0 Å². The van der Waals surface area contributed by atoms with E-state index in [2.05, 4.69) is 36.1 Å². The predicted octanol–water partition coefficient (Wildman–Crippen LogP) is 0.855. The molecule has 2 unspecified atom stereocenters. The Hall–Kier alpha value is -0.650. The highest BCUT2D eigenvalue weighted by atomic mass is 16.4. The van der Waals surface area contributed by atoms with E-state index < -0.39 is 11.5 Å². The van der Waals surface area contributed by atoms with E-state index in [0.29, 0.717) is 12.6 Å². The van der Waals surface area contributed by atoms with Crippen molar-refractivity contribution < 1.29 is 9.90 Å². The van der Waals surface area contributed by atoms with Crippen molar-refractivity contribution in [1.29, 1.82) is 0 Å². The number of hydrogen-bond donors (Lipinski definition) is 2. The Bertz CT molecular complexity index is 296. The van der Waals surface area contributed by atoms with Gasteiger partial charge in [-0.2, -0.15) is 0 Å². The fourth-order valence-electron chi connectivity index (χ4n) is 2.74. The van der Waals surface area contributed by atoms with Gasteiger partial charge in [0.15, 0.2) is 0 Å². The lowest BCUT2D eigenvalue weighted by Gasteiger charge is -2.35. The van der Waals surface area contributed by atoms with Crippen LogP contribution >= 0.6 is 0 Å². The van der Waals surface area contributed by atoms with Crippen LogP contribution in [-0.2, 0) is 4.79 Å². The van der Waals surface area contributed by atoms with Gasteiger partial charge < -0.3 is 15.3 Å². The van der Waals surface area contributed by atoms with Crippen LogP contribution in [0.3, 0.4) is 0 Å². The van der Waals surface area contributed by atoms with Crippen LogP contribution in [0.25, 0.3) is 0 Å². The molecule has 1 saturated heterocycles. The van der Waals surface area contributed by atoms with Crippen molar-refractivity contribution in [3.63, 3.8) is 0 Å². The molecule has 1 fully saturated rings. The zero-order valence-electron chi connectivity index (χ0n) is 12.8. The third-order valence-electron chi connectivity index (χ3n) is 3.83.